The topological polar surface area (TPSA) is 94.5 Å². The number of H-pyrrole nitrogens is 1. The van der Waals surface area contributed by atoms with E-state index in [0.717, 1.165) is 27.8 Å². The highest BCUT2D eigenvalue weighted by Gasteiger charge is 2.23. The number of aromatic nitrogens is 5. The van der Waals surface area contributed by atoms with Gasteiger partial charge in [0.2, 0.25) is 5.78 Å². The second-order valence-electron chi connectivity index (χ2n) is 7.36. The molecule has 144 valence electrons. The molecule has 5 rings (SSSR count). The van der Waals surface area contributed by atoms with E-state index in [9.17, 15) is 4.79 Å². The summed E-state index contributed by atoms with van der Waals surface area (Å²) in [5.74, 6) is 1.06. The van der Waals surface area contributed by atoms with Crippen LogP contribution in [0.25, 0.3) is 21.9 Å². The first-order chi connectivity index (χ1) is 14.0. The Hall–Kier alpha value is -3.87. The Morgan fingerprint density at radius 1 is 1.10 bits per heavy atom. The van der Waals surface area contributed by atoms with Crippen LogP contribution >= 0.6 is 0 Å². The normalized spacial score (nSPS) is 11.7. The zero-order chi connectivity index (χ0) is 20.1. The lowest BCUT2D eigenvalue weighted by molar-refractivity contribution is 0.103. The van der Waals surface area contributed by atoms with Crippen LogP contribution in [0.3, 0.4) is 0 Å². The van der Waals surface area contributed by atoms with Gasteiger partial charge >= 0.3 is 0 Å². The summed E-state index contributed by atoms with van der Waals surface area (Å²) in [5, 5.41) is 5.41. The van der Waals surface area contributed by atoms with Gasteiger partial charge in [-0.1, -0.05) is 44.2 Å². The highest BCUT2D eigenvalue weighted by atomic mass is 16.1. The van der Waals surface area contributed by atoms with Gasteiger partial charge in [0.05, 0.1) is 28.5 Å². The number of nitrogens with zero attached hydrogens (tertiary/aromatic N) is 4. The van der Waals surface area contributed by atoms with Crippen LogP contribution < -0.4 is 5.73 Å². The minimum Gasteiger partial charge on any atom is -0.382 e. The Labute approximate surface area is 166 Å². The van der Waals surface area contributed by atoms with Crippen molar-refractivity contribution in [2.75, 3.05) is 5.73 Å². The molecule has 0 bridgehead atoms. The van der Waals surface area contributed by atoms with E-state index in [2.05, 4.69) is 23.9 Å². The van der Waals surface area contributed by atoms with E-state index >= 15 is 0 Å². The molecule has 0 saturated carbocycles. The molecule has 0 radical (unpaired) electrons. The van der Waals surface area contributed by atoms with E-state index in [-0.39, 0.29) is 17.5 Å². The van der Waals surface area contributed by atoms with Gasteiger partial charge in [-0.15, -0.1) is 4.79 Å². The summed E-state index contributed by atoms with van der Waals surface area (Å²) in [6.07, 6.45) is 1.52. The maximum absolute atomic E-state index is 13.1. The fourth-order valence-corrected chi connectivity index (χ4v) is 3.63. The molecule has 29 heavy (non-hydrogen) atoms. The summed E-state index contributed by atoms with van der Waals surface area (Å²) in [6.45, 7) is 4.13. The number of carbonyl (C=O) groups excluding carboxylic acids is 1. The Morgan fingerprint density at radius 2 is 1.86 bits per heavy atom. The summed E-state index contributed by atoms with van der Waals surface area (Å²) in [4.78, 5) is 22.6. The molecule has 7 nitrogen and oxygen atoms in total. The van der Waals surface area contributed by atoms with Gasteiger partial charge in [-0.3, -0.25) is 4.79 Å². The number of benzene rings is 2. The van der Waals surface area contributed by atoms with Crippen LogP contribution in [0.1, 0.15) is 41.6 Å². The van der Waals surface area contributed by atoms with Crippen molar-refractivity contribution in [2.24, 2.45) is 0 Å². The third kappa shape index (κ3) is 2.62. The number of fused-ring (bicyclic) bond motifs is 2. The Morgan fingerprint density at radius 3 is 2.66 bits per heavy atom. The molecule has 7 heteroatoms. The van der Waals surface area contributed by atoms with E-state index in [1.165, 1.54) is 6.20 Å². The molecule has 0 saturated heterocycles. The van der Waals surface area contributed by atoms with Crippen molar-refractivity contribution < 1.29 is 4.79 Å². The van der Waals surface area contributed by atoms with Crippen molar-refractivity contribution in [2.45, 2.75) is 19.8 Å². The second kappa shape index (κ2) is 6.34. The second-order valence-corrected chi connectivity index (χ2v) is 7.36. The molecule has 0 aliphatic heterocycles. The standard InChI is InChI=1S/C22H20N6O/c1-13(2)22-26-17-9-5-6-10-19(17)27(22)28-21(23)15(12-24-28)20(29)18-11-14-7-3-4-8-16(14)25-18/h3-13,25H,23H2,1-2H3. The molecule has 3 aromatic heterocycles. The van der Waals surface area contributed by atoms with Gasteiger partial charge in [-0.05, 0) is 24.3 Å². The van der Waals surface area contributed by atoms with E-state index in [4.69, 9.17) is 10.7 Å². The van der Waals surface area contributed by atoms with Gasteiger partial charge < -0.3 is 10.7 Å². The average molecular weight is 384 g/mol. The first kappa shape index (κ1) is 17.2. The van der Waals surface area contributed by atoms with Gasteiger partial charge in [-0.2, -0.15) is 5.10 Å². The summed E-state index contributed by atoms with van der Waals surface area (Å²) in [6, 6.07) is 17.4. The molecular weight excluding hydrogens is 364 g/mol. The number of nitrogens with one attached hydrogen (secondary N) is 1. The number of anilines is 1. The van der Waals surface area contributed by atoms with E-state index < -0.39 is 0 Å². The number of para-hydroxylation sites is 3. The number of carbonyl (C=O) groups is 1. The zero-order valence-electron chi connectivity index (χ0n) is 16.1. The van der Waals surface area contributed by atoms with Crippen molar-refractivity contribution >= 4 is 33.5 Å². The first-order valence-electron chi connectivity index (χ1n) is 9.48. The Bertz CT molecular complexity index is 1340. The number of hydrogen-bond donors (Lipinski definition) is 2. The average Bonchev–Trinajstić information content (AvgIpc) is 3.41. The van der Waals surface area contributed by atoms with E-state index in [0.29, 0.717) is 11.3 Å². The third-order valence-electron chi connectivity index (χ3n) is 5.07. The molecular formula is C22H20N6O. The van der Waals surface area contributed by atoms with Crippen molar-refractivity contribution in [3.63, 3.8) is 0 Å². The van der Waals surface area contributed by atoms with Crippen LogP contribution in [0.5, 0.6) is 0 Å². The van der Waals surface area contributed by atoms with Crippen molar-refractivity contribution in [3.05, 3.63) is 77.9 Å². The minimum atomic E-state index is -0.194. The number of nitrogen functional groups attached to an aromatic ring is 1. The van der Waals surface area contributed by atoms with Gasteiger partial charge in [0.25, 0.3) is 0 Å². The predicted molar refractivity (Wildman–Crippen MR) is 113 cm³/mol. The number of imidazole rings is 1. The highest BCUT2D eigenvalue weighted by molar-refractivity contribution is 6.12. The molecule has 0 amide bonds. The smallest absolute Gasteiger partial charge is 0.214 e. The Balaban J connectivity index is 1.64. The highest BCUT2D eigenvalue weighted by Crippen LogP contribution is 2.25. The van der Waals surface area contributed by atoms with Crippen LogP contribution in [0.2, 0.25) is 0 Å². The lowest BCUT2D eigenvalue weighted by Crippen LogP contribution is -2.18. The molecule has 0 unspecified atom stereocenters. The Kier molecular flexibility index (Phi) is 3.77. The third-order valence-corrected chi connectivity index (χ3v) is 5.07. The monoisotopic (exact) mass is 384 g/mol. The largest absolute Gasteiger partial charge is 0.382 e. The molecule has 2 aromatic carbocycles. The number of aromatic amines is 1. The molecule has 3 heterocycles. The molecule has 0 aliphatic rings. The maximum atomic E-state index is 13.1. The van der Waals surface area contributed by atoms with Crippen molar-refractivity contribution in [1.82, 2.24) is 24.5 Å². The number of ketones is 1. The zero-order valence-corrected chi connectivity index (χ0v) is 16.1. The van der Waals surface area contributed by atoms with Crippen LogP contribution in [0.4, 0.5) is 5.82 Å². The summed E-state index contributed by atoms with van der Waals surface area (Å²) < 4.78 is 1.87. The van der Waals surface area contributed by atoms with Crippen LogP contribution in [-0.4, -0.2) is 30.3 Å². The predicted octanol–water partition coefficient (Wildman–Crippen LogP) is 3.96. The minimum absolute atomic E-state index is 0.152. The maximum Gasteiger partial charge on any atom is 0.214 e. The SMILES string of the molecule is CC(C)c1nc2ccccc2n1-n1ncc(C(=O)c2cc3ccccc3[nH]2)c1N. The van der Waals surface area contributed by atoms with Gasteiger partial charge in [-0.25, -0.2) is 9.66 Å². The fourth-order valence-electron chi connectivity index (χ4n) is 3.63. The van der Waals surface area contributed by atoms with Gasteiger partial charge in [0.15, 0.2) is 5.82 Å². The summed E-state index contributed by atoms with van der Waals surface area (Å²) in [7, 11) is 0. The van der Waals surface area contributed by atoms with Crippen LogP contribution in [0.15, 0.2) is 60.8 Å². The summed E-state index contributed by atoms with van der Waals surface area (Å²) in [5.41, 5.74) is 9.89. The molecule has 0 spiro atoms. The van der Waals surface area contributed by atoms with Crippen molar-refractivity contribution in [1.29, 1.82) is 0 Å². The van der Waals surface area contributed by atoms with E-state index in [1.807, 2.05) is 59.3 Å². The van der Waals surface area contributed by atoms with E-state index in [1.54, 1.807) is 4.79 Å². The number of hydrogen-bond acceptors (Lipinski definition) is 4. The molecule has 0 aliphatic carbocycles. The molecule has 5 aromatic rings. The first-order valence-corrected chi connectivity index (χ1v) is 9.48. The molecule has 0 fully saturated rings. The quantitative estimate of drug-likeness (QED) is 0.459. The summed E-state index contributed by atoms with van der Waals surface area (Å²) >= 11 is 0. The molecule has 3 N–H and O–H groups in total. The van der Waals surface area contributed by atoms with Crippen LogP contribution in [0, 0.1) is 0 Å². The van der Waals surface area contributed by atoms with Crippen LogP contribution in [-0.2, 0) is 0 Å². The number of nitrogens with two attached hydrogens (primary N) is 1. The lowest BCUT2D eigenvalue weighted by Gasteiger charge is -2.12. The van der Waals surface area contributed by atoms with Gasteiger partial charge in [0.1, 0.15) is 5.82 Å². The lowest BCUT2D eigenvalue weighted by atomic mass is 10.1. The van der Waals surface area contributed by atoms with Crippen molar-refractivity contribution in [3.8, 4) is 0 Å². The molecule has 0 atom stereocenters. The number of rotatable bonds is 4. The fraction of sp³-hybridized carbons (Fsp3) is 0.136. The van der Waals surface area contributed by atoms with Gasteiger partial charge in [0, 0.05) is 16.8 Å².